The van der Waals surface area contributed by atoms with E-state index in [1.807, 2.05) is 6.92 Å². The molecule has 7 heteroatoms. The number of rotatable bonds is 5. The molecule has 3 amide bonds. The average molecular weight is 373 g/mol. The van der Waals surface area contributed by atoms with Crippen molar-refractivity contribution in [1.82, 2.24) is 5.32 Å². The van der Waals surface area contributed by atoms with Crippen molar-refractivity contribution < 1.29 is 19.1 Å². The first-order valence-electron chi connectivity index (χ1n) is 7.97. The number of carbonyl (C=O) groups excluding carboxylic acids is 2. The summed E-state index contributed by atoms with van der Waals surface area (Å²) in [5.74, 6) is 0.703. The molecular formula is C19H17ClN2O4. The van der Waals surface area contributed by atoms with Crippen LogP contribution in [0, 0.1) is 0 Å². The summed E-state index contributed by atoms with van der Waals surface area (Å²) in [5, 5.41) is 3.02. The van der Waals surface area contributed by atoms with Crippen molar-refractivity contribution in [3.05, 3.63) is 58.7 Å². The number of benzene rings is 2. The monoisotopic (exact) mass is 372 g/mol. The summed E-state index contributed by atoms with van der Waals surface area (Å²) in [6, 6.07) is 11.3. The fraction of sp³-hybridized carbons (Fsp3) is 0.158. The molecule has 0 radical (unpaired) electrons. The number of nitrogens with one attached hydrogen (secondary N) is 1. The zero-order chi connectivity index (χ0) is 18.7. The maximum atomic E-state index is 12.6. The summed E-state index contributed by atoms with van der Waals surface area (Å²) >= 11 is 5.95. The smallest absolute Gasteiger partial charge is 0.333 e. The number of hydrogen-bond donors (Lipinski definition) is 1. The SMILES string of the molecule is CCOc1ccc(/C=C2/NC(=O)N(c3cccc(Cl)c3)C2=O)cc1OC. The van der Waals surface area contributed by atoms with Crippen LogP contribution in [0.5, 0.6) is 11.5 Å². The molecule has 1 N–H and O–H groups in total. The molecule has 1 aliphatic heterocycles. The molecule has 2 aromatic carbocycles. The summed E-state index contributed by atoms with van der Waals surface area (Å²) in [6.07, 6.45) is 1.59. The fourth-order valence-electron chi connectivity index (χ4n) is 2.60. The lowest BCUT2D eigenvalue weighted by atomic mass is 10.1. The van der Waals surface area contributed by atoms with Crippen LogP contribution in [0.2, 0.25) is 5.02 Å². The highest BCUT2D eigenvalue weighted by Crippen LogP contribution is 2.30. The zero-order valence-corrected chi connectivity index (χ0v) is 15.0. The topological polar surface area (TPSA) is 67.9 Å². The maximum absolute atomic E-state index is 12.6. The predicted molar refractivity (Wildman–Crippen MR) is 99.6 cm³/mol. The Kier molecular flexibility index (Phi) is 5.14. The van der Waals surface area contributed by atoms with Gasteiger partial charge in [-0.1, -0.05) is 23.7 Å². The van der Waals surface area contributed by atoms with Crippen molar-refractivity contribution in [3.63, 3.8) is 0 Å². The Morgan fingerprint density at radius 2 is 1.96 bits per heavy atom. The van der Waals surface area contributed by atoms with Crippen molar-refractivity contribution in [2.24, 2.45) is 0 Å². The van der Waals surface area contributed by atoms with E-state index in [0.29, 0.717) is 34.4 Å². The van der Waals surface area contributed by atoms with E-state index in [0.717, 1.165) is 4.90 Å². The Hall–Kier alpha value is -2.99. The normalized spacial score (nSPS) is 15.3. The molecule has 26 heavy (non-hydrogen) atoms. The van der Waals surface area contributed by atoms with Gasteiger partial charge in [0.1, 0.15) is 5.70 Å². The summed E-state index contributed by atoms with van der Waals surface area (Å²) in [4.78, 5) is 25.9. The number of anilines is 1. The van der Waals surface area contributed by atoms with Crippen molar-refractivity contribution in [2.75, 3.05) is 18.6 Å². The van der Waals surface area contributed by atoms with Crippen LogP contribution >= 0.6 is 11.6 Å². The minimum atomic E-state index is -0.526. The first-order valence-corrected chi connectivity index (χ1v) is 8.35. The second kappa shape index (κ2) is 7.49. The second-order valence-corrected chi connectivity index (χ2v) is 5.89. The van der Waals surface area contributed by atoms with Gasteiger partial charge in [-0.2, -0.15) is 0 Å². The van der Waals surface area contributed by atoms with Gasteiger partial charge in [0.15, 0.2) is 11.5 Å². The summed E-state index contributed by atoms with van der Waals surface area (Å²) in [6.45, 7) is 2.40. The quantitative estimate of drug-likeness (QED) is 0.639. The molecule has 0 aromatic heterocycles. The number of methoxy groups -OCH3 is 1. The van der Waals surface area contributed by atoms with Gasteiger partial charge in [-0.05, 0) is 48.9 Å². The van der Waals surface area contributed by atoms with E-state index in [2.05, 4.69) is 5.32 Å². The Morgan fingerprint density at radius 1 is 1.15 bits per heavy atom. The first kappa shape index (κ1) is 17.8. The minimum absolute atomic E-state index is 0.168. The van der Waals surface area contributed by atoms with Gasteiger partial charge >= 0.3 is 6.03 Å². The van der Waals surface area contributed by atoms with Crippen molar-refractivity contribution >= 4 is 35.3 Å². The first-order chi connectivity index (χ1) is 12.5. The third-order valence-electron chi connectivity index (χ3n) is 3.74. The van der Waals surface area contributed by atoms with Gasteiger partial charge in [0.2, 0.25) is 0 Å². The molecule has 1 aliphatic rings. The standard InChI is InChI=1S/C19H17ClN2O4/c1-3-26-16-8-7-12(10-17(16)25-2)9-15-18(23)22(19(24)21-15)14-6-4-5-13(20)11-14/h4-11H,3H2,1-2H3,(H,21,24)/b15-9+. The molecule has 0 bridgehead atoms. The van der Waals surface area contributed by atoms with Gasteiger partial charge in [-0.25, -0.2) is 9.69 Å². The van der Waals surface area contributed by atoms with Crippen molar-refractivity contribution in [3.8, 4) is 11.5 Å². The molecular weight excluding hydrogens is 356 g/mol. The van der Waals surface area contributed by atoms with Crippen molar-refractivity contribution in [1.29, 1.82) is 0 Å². The molecule has 0 aliphatic carbocycles. The Balaban J connectivity index is 1.90. The average Bonchev–Trinajstić information content (AvgIpc) is 2.90. The van der Waals surface area contributed by atoms with Gasteiger partial charge in [-0.3, -0.25) is 4.79 Å². The van der Waals surface area contributed by atoms with E-state index in [4.69, 9.17) is 21.1 Å². The van der Waals surface area contributed by atoms with E-state index in [9.17, 15) is 9.59 Å². The lowest BCUT2D eigenvalue weighted by molar-refractivity contribution is -0.113. The third-order valence-corrected chi connectivity index (χ3v) is 3.98. The Labute approximate surface area is 156 Å². The third kappa shape index (κ3) is 3.50. The van der Waals surface area contributed by atoms with Crippen molar-refractivity contribution in [2.45, 2.75) is 6.92 Å². The van der Waals surface area contributed by atoms with Crippen LogP contribution in [0.15, 0.2) is 48.2 Å². The lowest BCUT2D eigenvalue weighted by Gasteiger charge is -2.11. The van der Waals surface area contributed by atoms with Gasteiger partial charge in [0.05, 0.1) is 19.4 Å². The van der Waals surface area contributed by atoms with Gasteiger partial charge in [-0.15, -0.1) is 0 Å². The molecule has 0 unspecified atom stereocenters. The van der Waals surface area contributed by atoms with Crippen LogP contribution in [0.3, 0.4) is 0 Å². The minimum Gasteiger partial charge on any atom is -0.493 e. The summed E-state index contributed by atoms with van der Waals surface area (Å²) in [7, 11) is 1.54. The van der Waals surface area contributed by atoms with E-state index < -0.39 is 11.9 Å². The van der Waals surface area contributed by atoms with Crippen LogP contribution in [-0.4, -0.2) is 25.7 Å². The van der Waals surface area contributed by atoms with E-state index in [1.54, 1.807) is 48.5 Å². The number of halogens is 1. The second-order valence-electron chi connectivity index (χ2n) is 5.45. The molecule has 0 saturated carbocycles. The number of urea groups is 1. The van der Waals surface area contributed by atoms with E-state index >= 15 is 0 Å². The van der Waals surface area contributed by atoms with Crippen LogP contribution in [-0.2, 0) is 4.79 Å². The Morgan fingerprint density at radius 3 is 2.65 bits per heavy atom. The van der Waals surface area contributed by atoms with Gasteiger partial charge in [0, 0.05) is 5.02 Å². The molecule has 0 spiro atoms. The predicted octanol–water partition coefficient (Wildman–Crippen LogP) is 3.84. The van der Waals surface area contributed by atoms with E-state index in [-0.39, 0.29) is 5.70 Å². The fourth-order valence-corrected chi connectivity index (χ4v) is 2.78. The molecule has 0 atom stereocenters. The van der Waals surface area contributed by atoms with Crippen LogP contribution in [0.25, 0.3) is 6.08 Å². The highest BCUT2D eigenvalue weighted by molar-refractivity contribution is 6.32. The van der Waals surface area contributed by atoms with Crippen LogP contribution < -0.4 is 19.7 Å². The van der Waals surface area contributed by atoms with Gasteiger partial charge < -0.3 is 14.8 Å². The largest absolute Gasteiger partial charge is 0.493 e. The molecule has 1 saturated heterocycles. The van der Waals surface area contributed by atoms with Gasteiger partial charge in [0.25, 0.3) is 5.91 Å². The Bertz CT molecular complexity index is 895. The zero-order valence-electron chi connectivity index (χ0n) is 14.3. The van der Waals surface area contributed by atoms with E-state index in [1.165, 1.54) is 7.11 Å². The number of hydrogen-bond acceptors (Lipinski definition) is 4. The van der Waals surface area contributed by atoms with Crippen LogP contribution in [0.1, 0.15) is 12.5 Å². The lowest BCUT2D eigenvalue weighted by Crippen LogP contribution is -2.30. The molecule has 1 fully saturated rings. The number of nitrogens with zero attached hydrogens (tertiary/aromatic N) is 1. The molecule has 1 heterocycles. The highest BCUT2D eigenvalue weighted by Gasteiger charge is 2.34. The highest BCUT2D eigenvalue weighted by atomic mass is 35.5. The number of amides is 3. The molecule has 134 valence electrons. The molecule has 2 aromatic rings. The summed E-state index contributed by atoms with van der Waals surface area (Å²) in [5.41, 5.74) is 1.27. The maximum Gasteiger partial charge on any atom is 0.333 e. The number of carbonyl (C=O) groups is 2. The number of ether oxygens (including phenoxy) is 2. The number of imide groups is 1. The molecule has 6 nitrogen and oxygen atoms in total. The molecule has 3 rings (SSSR count). The van der Waals surface area contributed by atoms with Crippen LogP contribution in [0.4, 0.5) is 10.5 Å². The summed E-state index contributed by atoms with van der Waals surface area (Å²) < 4.78 is 10.8.